The minimum Gasteiger partial charge on any atom is -0.342 e. The second kappa shape index (κ2) is 4.71. The Labute approximate surface area is 119 Å². The largest absolute Gasteiger partial charge is 0.342 e. The first-order valence-electron chi connectivity index (χ1n) is 7.78. The first kappa shape index (κ1) is 13.8. The first-order chi connectivity index (χ1) is 9.51. The summed E-state index contributed by atoms with van der Waals surface area (Å²) in [5, 5.41) is 0. The van der Waals surface area contributed by atoms with E-state index in [-0.39, 0.29) is 11.8 Å². The minimum atomic E-state index is -1.63. The van der Waals surface area contributed by atoms with Gasteiger partial charge in [0.2, 0.25) is 5.91 Å². The molecule has 1 saturated carbocycles. The van der Waals surface area contributed by atoms with Gasteiger partial charge in [-0.1, -0.05) is 0 Å². The summed E-state index contributed by atoms with van der Waals surface area (Å²) in [5.41, 5.74) is -2.06. The van der Waals surface area contributed by atoms with E-state index in [1.54, 1.807) is 4.90 Å². The van der Waals surface area contributed by atoms with E-state index in [4.69, 9.17) is 0 Å². The van der Waals surface area contributed by atoms with E-state index < -0.39 is 11.1 Å². The molecule has 1 aliphatic carbocycles. The van der Waals surface area contributed by atoms with Crippen LogP contribution in [0.2, 0.25) is 0 Å². The van der Waals surface area contributed by atoms with Crippen molar-refractivity contribution < 1.29 is 14.0 Å². The molecule has 0 radical (unpaired) electrons. The van der Waals surface area contributed by atoms with Crippen molar-refractivity contribution >= 4 is 11.8 Å². The molecule has 0 N–H and O–H groups in total. The molecule has 3 rings (SSSR count). The van der Waals surface area contributed by atoms with Gasteiger partial charge in [-0.25, -0.2) is 4.39 Å². The molecular weight excluding hydrogens is 259 g/mol. The Balaban J connectivity index is 1.74. The Kier molecular flexibility index (Phi) is 3.26. The molecule has 3 aliphatic rings. The lowest BCUT2D eigenvalue weighted by Crippen LogP contribution is -2.56. The highest BCUT2D eigenvalue weighted by atomic mass is 19.1. The Morgan fingerprint density at radius 1 is 1.20 bits per heavy atom. The number of hydrogen-bond acceptors (Lipinski definition) is 2. The molecule has 1 unspecified atom stereocenters. The van der Waals surface area contributed by atoms with Gasteiger partial charge in [0.05, 0.1) is 5.41 Å². The fourth-order valence-electron chi connectivity index (χ4n) is 3.86. The fourth-order valence-corrected chi connectivity index (χ4v) is 3.86. The van der Waals surface area contributed by atoms with Crippen molar-refractivity contribution in [1.29, 1.82) is 0 Å². The van der Waals surface area contributed by atoms with Crippen LogP contribution in [0.5, 0.6) is 0 Å². The van der Waals surface area contributed by atoms with Gasteiger partial charge < -0.3 is 9.80 Å². The van der Waals surface area contributed by atoms with Gasteiger partial charge in [-0.15, -0.1) is 0 Å². The molecule has 0 aromatic heterocycles. The molecule has 2 heterocycles. The molecular formula is C15H23FN2O2. The van der Waals surface area contributed by atoms with Crippen LogP contribution in [-0.4, -0.2) is 53.5 Å². The number of piperidine rings is 1. The van der Waals surface area contributed by atoms with Gasteiger partial charge in [-0.3, -0.25) is 9.59 Å². The van der Waals surface area contributed by atoms with E-state index >= 15 is 0 Å². The van der Waals surface area contributed by atoms with Crippen LogP contribution in [0.4, 0.5) is 4.39 Å². The third-order valence-corrected chi connectivity index (χ3v) is 5.38. The monoisotopic (exact) mass is 282 g/mol. The Morgan fingerprint density at radius 2 is 1.95 bits per heavy atom. The maximum atomic E-state index is 14.3. The first-order valence-corrected chi connectivity index (χ1v) is 7.78. The second-order valence-electron chi connectivity index (χ2n) is 6.56. The van der Waals surface area contributed by atoms with Crippen LogP contribution >= 0.6 is 0 Å². The minimum absolute atomic E-state index is 0.166. The zero-order valence-corrected chi connectivity index (χ0v) is 12.2. The highest BCUT2D eigenvalue weighted by Crippen LogP contribution is 2.43. The van der Waals surface area contributed by atoms with Gasteiger partial charge >= 0.3 is 0 Å². The molecule has 0 aromatic rings. The molecule has 1 atom stereocenters. The summed E-state index contributed by atoms with van der Waals surface area (Å²) in [6.07, 6.45) is 3.96. The van der Waals surface area contributed by atoms with Gasteiger partial charge in [-0.2, -0.15) is 0 Å². The SMILES string of the molecule is CCN1CCC2(CCCN(C(=O)C3(F)CCC3)C2)C1=O. The predicted molar refractivity (Wildman–Crippen MR) is 72.8 cm³/mol. The number of halogens is 1. The van der Waals surface area contributed by atoms with Crippen molar-refractivity contribution in [1.82, 2.24) is 9.80 Å². The lowest BCUT2D eigenvalue weighted by atomic mass is 9.76. The maximum Gasteiger partial charge on any atom is 0.260 e. The zero-order chi connectivity index (χ0) is 14.4. The van der Waals surface area contributed by atoms with Crippen molar-refractivity contribution in [3.63, 3.8) is 0 Å². The summed E-state index contributed by atoms with van der Waals surface area (Å²) >= 11 is 0. The molecule has 20 heavy (non-hydrogen) atoms. The summed E-state index contributed by atoms with van der Waals surface area (Å²) in [5.74, 6) is -0.204. The molecule has 3 fully saturated rings. The van der Waals surface area contributed by atoms with Gasteiger partial charge in [0, 0.05) is 26.2 Å². The molecule has 1 spiro atoms. The average molecular weight is 282 g/mol. The summed E-state index contributed by atoms with van der Waals surface area (Å²) in [6.45, 7) is 4.51. The average Bonchev–Trinajstić information content (AvgIpc) is 2.72. The molecule has 0 aromatic carbocycles. The van der Waals surface area contributed by atoms with Gasteiger partial charge in [0.1, 0.15) is 0 Å². The molecule has 2 aliphatic heterocycles. The normalized spacial score (nSPS) is 32.6. The summed E-state index contributed by atoms with van der Waals surface area (Å²) in [7, 11) is 0. The number of likely N-dealkylation sites (tertiary alicyclic amines) is 2. The van der Waals surface area contributed by atoms with Crippen molar-refractivity contribution in [2.45, 2.75) is 51.1 Å². The standard InChI is InChI=1S/C15H23FN2O2/c1-2-17-10-8-14(12(17)19)5-4-9-18(11-14)13(20)15(16)6-3-7-15/h2-11H2,1H3. The third kappa shape index (κ3) is 1.93. The second-order valence-corrected chi connectivity index (χ2v) is 6.56. The summed E-state index contributed by atoms with van der Waals surface area (Å²) in [4.78, 5) is 28.3. The molecule has 5 heteroatoms. The van der Waals surface area contributed by atoms with E-state index in [1.807, 2.05) is 11.8 Å². The van der Waals surface area contributed by atoms with Crippen molar-refractivity contribution in [2.24, 2.45) is 5.41 Å². The molecule has 0 bridgehead atoms. The highest BCUT2D eigenvalue weighted by molar-refractivity contribution is 5.89. The van der Waals surface area contributed by atoms with Crippen molar-refractivity contribution in [2.75, 3.05) is 26.2 Å². The van der Waals surface area contributed by atoms with Crippen molar-refractivity contribution in [3.05, 3.63) is 0 Å². The van der Waals surface area contributed by atoms with E-state index in [0.717, 1.165) is 38.8 Å². The smallest absolute Gasteiger partial charge is 0.260 e. The van der Waals surface area contributed by atoms with Crippen LogP contribution in [0, 0.1) is 5.41 Å². The summed E-state index contributed by atoms with van der Waals surface area (Å²) < 4.78 is 14.3. The van der Waals surface area contributed by atoms with Crippen LogP contribution in [0.15, 0.2) is 0 Å². The van der Waals surface area contributed by atoms with Gasteiger partial charge in [0.25, 0.3) is 5.91 Å². The zero-order valence-electron chi connectivity index (χ0n) is 12.2. The van der Waals surface area contributed by atoms with Gasteiger partial charge in [-0.05, 0) is 45.4 Å². The lowest BCUT2D eigenvalue weighted by molar-refractivity contribution is -0.155. The van der Waals surface area contributed by atoms with E-state index in [1.165, 1.54) is 0 Å². The number of amides is 2. The third-order valence-electron chi connectivity index (χ3n) is 5.38. The van der Waals surface area contributed by atoms with Gasteiger partial charge in [0.15, 0.2) is 5.67 Å². The lowest BCUT2D eigenvalue weighted by Gasteiger charge is -2.43. The number of rotatable bonds is 2. The molecule has 2 amide bonds. The van der Waals surface area contributed by atoms with E-state index in [2.05, 4.69) is 0 Å². The number of hydrogen-bond donors (Lipinski definition) is 0. The highest BCUT2D eigenvalue weighted by Gasteiger charge is 2.53. The number of nitrogens with zero attached hydrogens (tertiary/aromatic N) is 2. The number of carbonyl (C=O) groups is 2. The number of alkyl halides is 1. The fraction of sp³-hybridized carbons (Fsp3) is 0.867. The Hall–Kier alpha value is -1.13. The van der Waals surface area contributed by atoms with E-state index in [9.17, 15) is 14.0 Å². The Morgan fingerprint density at radius 3 is 2.50 bits per heavy atom. The summed E-state index contributed by atoms with van der Waals surface area (Å²) in [6, 6.07) is 0. The molecule has 4 nitrogen and oxygen atoms in total. The van der Waals surface area contributed by atoms with E-state index in [0.29, 0.717) is 25.9 Å². The van der Waals surface area contributed by atoms with Crippen LogP contribution in [0.25, 0.3) is 0 Å². The Bertz CT molecular complexity index is 436. The number of carbonyl (C=O) groups excluding carboxylic acids is 2. The van der Waals surface area contributed by atoms with Crippen LogP contribution in [0.3, 0.4) is 0 Å². The predicted octanol–water partition coefficient (Wildman–Crippen LogP) is 1.74. The van der Waals surface area contributed by atoms with Crippen LogP contribution < -0.4 is 0 Å². The topological polar surface area (TPSA) is 40.6 Å². The maximum absolute atomic E-state index is 14.3. The molecule has 2 saturated heterocycles. The van der Waals surface area contributed by atoms with Crippen molar-refractivity contribution in [3.8, 4) is 0 Å². The molecule has 112 valence electrons. The quantitative estimate of drug-likeness (QED) is 0.774. The van der Waals surface area contributed by atoms with Crippen LogP contribution in [-0.2, 0) is 9.59 Å². The van der Waals surface area contributed by atoms with Crippen LogP contribution in [0.1, 0.15) is 45.4 Å².